The van der Waals surface area contributed by atoms with Gasteiger partial charge < -0.3 is 4.98 Å². The van der Waals surface area contributed by atoms with Crippen LogP contribution in [0.1, 0.15) is 42.3 Å². The number of H-pyrrole nitrogens is 1. The van der Waals surface area contributed by atoms with Gasteiger partial charge in [-0.05, 0) is 73.9 Å². The van der Waals surface area contributed by atoms with Gasteiger partial charge in [0.2, 0.25) is 0 Å². The lowest BCUT2D eigenvalue weighted by Gasteiger charge is -2.24. The van der Waals surface area contributed by atoms with Crippen molar-refractivity contribution >= 4 is 49.3 Å². The molecule has 1 N–H and O–H groups in total. The van der Waals surface area contributed by atoms with Gasteiger partial charge >= 0.3 is 0 Å². The predicted molar refractivity (Wildman–Crippen MR) is 158 cm³/mol. The molecule has 2 fully saturated rings. The van der Waals surface area contributed by atoms with Crippen molar-refractivity contribution in [2.75, 3.05) is 17.4 Å². The first kappa shape index (κ1) is 25.0. The van der Waals surface area contributed by atoms with Crippen molar-refractivity contribution in [3.8, 4) is 10.7 Å². The van der Waals surface area contributed by atoms with Crippen LogP contribution in [-0.2, 0) is 16.6 Å². The van der Waals surface area contributed by atoms with E-state index in [1.54, 1.807) is 27.8 Å². The van der Waals surface area contributed by atoms with Crippen molar-refractivity contribution in [1.29, 1.82) is 0 Å². The standard InChI is InChI=1S/C29H29N5O2S3/c35-39(36,27-10-5-15-37-27)34(18-20-11-12-20)26-8-3-6-21-16-24(32-28(21)26)29-31-17-22(38-29)19-33-14-4-9-25(33)23-7-1-2-13-30-23/h1-3,5-8,10,13,15-17,20,25,32H,4,9,11-12,14,18-19H2. The maximum absolute atomic E-state index is 13.7. The summed E-state index contributed by atoms with van der Waals surface area (Å²) in [6, 6.07) is 17.9. The molecule has 0 radical (unpaired) electrons. The second-order valence-electron chi connectivity index (χ2n) is 10.4. The predicted octanol–water partition coefficient (Wildman–Crippen LogP) is 6.69. The monoisotopic (exact) mass is 575 g/mol. The molecule has 7 nitrogen and oxygen atoms in total. The lowest BCUT2D eigenvalue weighted by Crippen LogP contribution is -2.32. The molecule has 0 spiro atoms. The second-order valence-corrected chi connectivity index (χ2v) is 14.5. The Morgan fingerprint density at radius 1 is 1.05 bits per heavy atom. The number of anilines is 1. The summed E-state index contributed by atoms with van der Waals surface area (Å²) in [6.07, 6.45) is 8.28. The summed E-state index contributed by atoms with van der Waals surface area (Å²) in [5.41, 5.74) is 3.58. The molecule has 5 aromatic rings. The molecule has 0 amide bonds. The Balaban J connectivity index is 1.18. The van der Waals surface area contributed by atoms with E-state index in [9.17, 15) is 8.42 Å². The van der Waals surface area contributed by atoms with Gasteiger partial charge in [-0.15, -0.1) is 22.7 Å². The Bertz CT molecular complexity index is 1690. The Labute approximate surface area is 236 Å². The number of nitrogens with one attached hydrogen (secondary N) is 1. The number of aromatic amines is 1. The van der Waals surface area contributed by atoms with Crippen LogP contribution in [0, 0.1) is 5.92 Å². The molecule has 1 saturated carbocycles. The van der Waals surface area contributed by atoms with Gasteiger partial charge in [0.15, 0.2) is 0 Å². The SMILES string of the molecule is O=S(=O)(c1cccs1)N(CC1CC1)c1cccc2cc(-c3ncc(CN4CCCC4c4ccccn4)s3)[nH]c12. The van der Waals surface area contributed by atoms with Crippen LogP contribution in [0.15, 0.2) is 76.6 Å². The zero-order valence-electron chi connectivity index (χ0n) is 21.4. The van der Waals surface area contributed by atoms with Crippen LogP contribution >= 0.6 is 22.7 Å². The quantitative estimate of drug-likeness (QED) is 0.212. The van der Waals surface area contributed by atoms with Crippen LogP contribution in [0.2, 0.25) is 0 Å². The average molecular weight is 576 g/mol. The molecular weight excluding hydrogens is 547 g/mol. The topological polar surface area (TPSA) is 82.2 Å². The Morgan fingerprint density at radius 2 is 1.97 bits per heavy atom. The molecule has 200 valence electrons. The lowest BCUT2D eigenvalue weighted by molar-refractivity contribution is 0.246. The summed E-state index contributed by atoms with van der Waals surface area (Å²) in [7, 11) is -3.64. The van der Waals surface area contributed by atoms with Gasteiger partial charge in [0.1, 0.15) is 9.22 Å². The third kappa shape index (κ3) is 4.91. The number of likely N-dealkylation sites (tertiary alicyclic amines) is 1. The number of hydrogen-bond acceptors (Lipinski definition) is 7. The largest absolute Gasteiger partial charge is 0.351 e. The maximum atomic E-state index is 13.7. The molecule has 1 atom stereocenters. The third-order valence-electron chi connectivity index (χ3n) is 7.60. The van der Waals surface area contributed by atoms with E-state index < -0.39 is 10.0 Å². The van der Waals surface area contributed by atoms with Gasteiger partial charge in [-0.2, -0.15) is 0 Å². The maximum Gasteiger partial charge on any atom is 0.273 e. The van der Waals surface area contributed by atoms with E-state index in [-0.39, 0.29) is 0 Å². The fraction of sp³-hybridized carbons (Fsp3) is 0.310. The van der Waals surface area contributed by atoms with E-state index in [0.717, 1.165) is 59.7 Å². The number of para-hydroxylation sites is 1. The van der Waals surface area contributed by atoms with Crippen molar-refractivity contribution in [2.24, 2.45) is 5.92 Å². The number of hydrogen-bond donors (Lipinski definition) is 1. The normalized spacial score (nSPS) is 18.2. The minimum atomic E-state index is -3.64. The van der Waals surface area contributed by atoms with Crippen molar-refractivity contribution in [2.45, 2.75) is 42.5 Å². The number of thiazole rings is 1. The molecule has 2 aliphatic rings. The summed E-state index contributed by atoms with van der Waals surface area (Å²) < 4.78 is 29.3. The van der Waals surface area contributed by atoms with E-state index >= 15 is 0 Å². The molecule has 7 rings (SSSR count). The smallest absolute Gasteiger partial charge is 0.273 e. The van der Waals surface area contributed by atoms with Crippen LogP contribution in [0.5, 0.6) is 0 Å². The third-order valence-corrected chi connectivity index (χ3v) is 11.8. The Kier molecular flexibility index (Phi) is 6.50. The number of nitrogens with zero attached hydrogens (tertiary/aromatic N) is 4. The molecule has 4 aromatic heterocycles. The first-order valence-electron chi connectivity index (χ1n) is 13.3. The molecule has 1 aromatic carbocycles. The first-order valence-corrected chi connectivity index (χ1v) is 16.5. The van der Waals surface area contributed by atoms with Crippen molar-refractivity contribution in [1.82, 2.24) is 19.9 Å². The van der Waals surface area contributed by atoms with E-state index in [4.69, 9.17) is 4.98 Å². The minimum Gasteiger partial charge on any atom is -0.351 e. The van der Waals surface area contributed by atoms with E-state index in [1.807, 2.05) is 42.0 Å². The number of benzene rings is 1. The highest BCUT2D eigenvalue weighted by molar-refractivity contribution is 7.94. The summed E-state index contributed by atoms with van der Waals surface area (Å²) in [4.78, 5) is 16.6. The van der Waals surface area contributed by atoms with Crippen molar-refractivity contribution < 1.29 is 8.42 Å². The van der Waals surface area contributed by atoms with Gasteiger partial charge in [0, 0.05) is 35.7 Å². The zero-order chi connectivity index (χ0) is 26.4. The van der Waals surface area contributed by atoms with Crippen LogP contribution in [0.3, 0.4) is 0 Å². The number of pyridine rings is 1. The summed E-state index contributed by atoms with van der Waals surface area (Å²) >= 11 is 2.96. The molecule has 5 heterocycles. The summed E-state index contributed by atoms with van der Waals surface area (Å²) in [6.45, 7) is 2.40. The molecule has 1 aliphatic carbocycles. The fourth-order valence-corrected chi connectivity index (χ4v) is 9.04. The van der Waals surface area contributed by atoms with Crippen LogP contribution < -0.4 is 4.31 Å². The number of fused-ring (bicyclic) bond motifs is 1. The molecule has 39 heavy (non-hydrogen) atoms. The van der Waals surface area contributed by atoms with Gasteiger partial charge in [0.25, 0.3) is 10.0 Å². The van der Waals surface area contributed by atoms with Crippen LogP contribution in [0.25, 0.3) is 21.6 Å². The molecular formula is C29H29N5O2S3. The molecule has 0 bridgehead atoms. The van der Waals surface area contributed by atoms with Gasteiger partial charge in [0.05, 0.1) is 28.6 Å². The van der Waals surface area contributed by atoms with Crippen LogP contribution in [0.4, 0.5) is 5.69 Å². The van der Waals surface area contributed by atoms with Crippen molar-refractivity contribution in [3.63, 3.8) is 0 Å². The average Bonchev–Trinajstić information content (AvgIpc) is 3.45. The summed E-state index contributed by atoms with van der Waals surface area (Å²) in [5.74, 6) is 0.409. The second kappa shape index (κ2) is 10.2. The first-order chi connectivity index (χ1) is 19.1. The highest BCUT2D eigenvalue weighted by atomic mass is 32.2. The number of rotatable bonds is 9. The van der Waals surface area contributed by atoms with Gasteiger partial charge in [-0.25, -0.2) is 13.4 Å². The number of thiophene rings is 1. The Hall–Kier alpha value is -3.05. The highest BCUT2D eigenvalue weighted by Gasteiger charge is 2.34. The van der Waals surface area contributed by atoms with E-state index in [2.05, 4.69) is 33.1 Å². The van der Waals surface area contributed by atoms with E-state index in [0.29, 0.717) is 28.4 Å². The molecule has 1 unspecified atom stereocenters. The highest BCUT2D eigenvalue weighted by Crippen LogP contribution is 2.39. The zero-order valence-corrected chi connectivity index (χ0v) is 23.8. The molecule has 1 saturated heterocycles. The molecule has 10 heteroatoms. The van der Waals surface area contributed by atoms with Crippen molar-refractivity contribution in [3.05, 3.63) is 82.9 Å². The summed E-state index contributed by atoms with van der Waals surface area (Å²) in [5, 5.41) is 3.71. The van der Waals surface area contributed by atoms with E-state index in [1.165, 1.54) is 22.6 Å². The van der Waals surface area contributed by atoms with Gasteiger partial charge in [-0.1, -0.05) is 24.3 Å². The number of aromatic nitrogens is 3. The number of sulfonamides is 1. The van der Waals surface area contributed by atoms with Gasteiger partial charge in [-0.3, -0.25) is 14.2 Å². The lowest BCUT2D eigenvalue weighted by atomic mass is 10.1. The minimum absolute atomic E-state index is 0.343. The molecule has 1 aliphatic heterocycles. The fourth-order valence-electron chi connectivity index (χ4n) is 5.47. The Morgan fingerprint density at radius 3 is 2.77 bits per heavy atom. The van der Waals surface area contributed by atoms with Crippen LogP contribution in [-0.4, -0.2) is 41.4 Å².